The largest absolute Gasteiger partial charge is 0.481 e. The molecule has 2 atom stereocenters. The SMILES string of the molecule is CC#CCC(NC(=O)OCC1c2ccccc2-c2ccccc21)C(=O)NC(CC)CCC(=O)O. The van der Waals surface area contributed by atoms with Gasteiger partial charge in [-0.1, -0.05) is 55.5 Å². The molecule has 0 fully saturated rings. The van der Waals surface area contributed by atoms with Crippen LogP contribution in [0.2, 0.25) is 0 Å². The Morgan fingerprint density at radius 2 is 1.65 bits per heavy atom. The van der Waals surface area contributed by atoms with Crippen molar-refractivity contribution >= 4 is 18.0 Å². The molecule has 2 aromatic rings. The van der Waals surface area contributed by atoms with E-state index in [0.717, 1.165) is 22.3 Å². The number of nitrogens with one attached hydrogen (secondary N) is 2. The predicted octanol–water partition coefficient (Wildman–Crippen LogP) is 4.07. The highest BCUT2D eigenvalue weighted by molar-refractivity contribution is 5.86. The van der Waals surface area contributed by atoms with E-state index in [1.165, 1.54) is 0 Å². The number of rotatable bonds is 10. The molecule has 0 spiro atoms. The highest BCUT2D eigenvalue weighted by Crippen LogP contribution is 2.44. The maximum Gasteiger partial charge on any atom is 0.407 e. The molecule has 0 aliphatic heterocycles. The summed E-state index contributed by atoms with van der Waals surface area (Å²) in [7, 11) is 0. The lowest BCUT2D eigenvalue weighted by atomic mass is 9.98. The maximum atomic E-state index is 12.8. The topological polar surface area (TPSA) is 105 Å². The second-order valence-electron chi connectivity index (χ2n) is 8.20. The molecule has 0 radical (unpaired) electrons. The third-order valence-electron chi connectivity index (χ3n) is 5.98. The van der Waals surface area contributed by atoms with Crippen molar-refractivity contribution in [3.8, 4) is 23.0 Å². The van der Waals surface area contributed by atoms with Crippen molar-refractivity contribution in [2.45, 2.75) is 57.5 Å². The van der Waals surface area contributed by atoms with Gasteiger partial charge in [-0.25, -0.2) is 4.79 Å². The molecule has 7 heteroatoms. The molecule has 0 aromatic heterocycles. The molecular formula is C27H30N2O5. The van der Waals surface area contributed by atoms with E-state index in [0.29, 0.717) is 12.8 Å². The van der Waals surface area contributed by atoms with Crippen LogP contribution in [0.3, 0.4) is 0 Å². The van der Waals surface area contributed by atoms with E-state index in [1.807, 2.05) is 43.3 Å². The summed E-state index contributed by atoms with van der Waals surface area (Å²) in [5.41, 5.74) is 4.47. The van der Waals surface area contributed by atoms with Gasteiger partial charge in [0.05, 0.1) is 0 Å². The fraction of sp³-hybridized carbons (Fsp3) is 0.370. The van der Waals surface area contributed by atoms with Crippen LogP contribution in [0.25, 0.3) is 11.1 Å². The summed E-state index contributed by atoms with van der Waals surface area (Å²) < 4.78 is 5.55. The molecule has 0 heterocycles. The number of carbonyl (C=O) groups is 3. The van der Waals surface area contributed by atoms with Crippen molar-refractivity contribution in [2.24, 2.45) is 0 Å². The number of aliphatic carboxylic acids is 1. The molecule has 2 unspecified atom stereocenters. The van der Waals surface area contributed by atoms with E-state index in [2.05, 4.69) is 34.6 Å². The minimum absolute atomic E-state index is 0.0436. The lowest BCUT2D eigenvalue weighted by Gasteiger charge is -2.22. The number of fused-ring (bicyclic) bond motifs is 3. The van der Waals surface area contributed by atoms with Crippen LogP contribution in [0.5, 0.6) is 0 Å². The summed E-state index contributed by atoms with van der Waals surface area (Å²) in [5.74, 6) is 4.15. The molecule has 2 amide bonds. The van der Waals surface area contributed by atoms with Crippen LogP contribution in [-0.4, -0.2) is 41.8 Å². The van der Waals surface area contributed by atoms with Crippen LogP contribution < -0.4 is 10.6 Å². The molecule has 3 N–H and O–H groups in total. The first kappa shape index (κ1) is 24.8. The summed E-state index contributed by atoms with van der Waals surface area (Å²) in [6, 6.07) is 14.9. The molecule has 1 aliphatic rings. The van der Waals surface area contributed by atoms with Gasteiger partial charge in [0.25, 0.3) is 0 Å². The van der Waals surface area contributed by atoms with Gasteiger partial charge in [0, 0.05) is 24.8 Å². The second kappa shape index (κ2) is 11.9. The van der Waals surface area contributed by atoms with Gasteiger partial charge >= 0.3 is 12.1 Å². The highest BCUT2D eigenvalue weighted by Gasteiger charge is 2.30. The van der Waals surface area contributed by atoms with E-state index < -0.39 is 24.0 Å². The van der Waals surface area contributed by atoms with Crippen LogP contribution >= 0.6 is 0 Å². The number of ether oxygens (including phenoxy) is 1. The van der Waals surface area contributed by atoms with Crippen molar-refractivity contribution in [1.82, 2.24) is 10.6 Å². The summed E-state index contributed by atoms with van der Waals surface area (Å²) >= 11 is 0. The highest BCUT2D eigenvalue weighted by atomic mass is 16.5. The predicted molar refractivity (Wildman–Crippen MR) is 129 cm³/mol. The smallest absolute Gasteiger partial charge is 0.407 e. The maximum absolute atomic E-state index is 12.8. The summed E-state index contributed by atoms with van der Waals surface area (Å²) in [5, 5.41) is 14.3. The third-order valence-corrected chi connectivity index (χ3v) is 5.98. The van der Waals surface area contributed by atoms with Gasteiger partial charge in [-0.05, 0) is 42.0 Å². The molecule has 0 saturated carbocycles. The van der Waals surface area contributed by atoms with Crippen molar-refractivity contribution in [3.63, 3.8) is 0 Å². The fourth-order valence-electron chi connectivity index (χ4n) is 4.17. The Hall–Kier alpha value is -3.79. The number of alkyl carbamates (subject to hydrolysis) is 1. The Morgan fingerprint density at radius 3 is 2.21 bits per heavy atom. The van der Waals surface area contributed by atoms with Gasteiger partial charge in [0.2, 0.25) is 5.91 Å². The summed E-state index contributed by atoms with van der Waals surface area (Å²) in [6.07, 6.45) is 0.281. The number of amides is 2. The van der Waals surface area contributed by atoms with Gasteiger partial charge < -0.3 is 20.5 Å². The van der Waals surface area contributed by atoms with E-state index in [4.69, 9.17) is 9.84 Å². The first-order chi connectivity index (χ1) is 16.4. The van der Waals surface area contributed by atoms with Crippen molar-refractivity contribution in [2.75, 3.05) is 6.61 Å². The van der Waals surface area contributed by atoms with Crippen LogP contribution in [0.4, 0.5) is 4.79 Å². The summed E-state index contributed by atoms with van der Waals surface area (Å²) in [6.45, 7) is 3.67. The summed E-state index contributed by atoms with van der Waals surface area (Å²) in [4.78, 5) is 36.3. The fourth-order valence-corrected chi connectivity index (χ4v) is 4.17. The quantitative estimate of drug-likeness (QED) is 0.462. The Balaban J connectivity index is 1.63. The van der Waals surface area contributed by atoms with Crippen LogP contribution in [-0.2, 0) is 14.3 Å². The number of carboxylic acids is 1. The van der Waals surface area contributed by atoms with Gasteiger partial charge in [-0.2, -0.15) is 0 Å². The number of benzene rings is 2. The van der Waals surface area contributed by atoms with Crippen LogP contribution in [0.1, 0.15) is 56.6 Å². The van der Waals surface area contributed by atoms with Gasteiger partial charge in [0.15, 0.2) is 0 Å². The second-order valence-corrected chi connectivity index (χ2v) is 8.20. The minimum Gasteiger partial charge on any atom is -0.481 e. The standard InChI is InChI=1S/C27H30N2O5/c1-3-5-14-24(26(32)28-18(4-2)15-16-25(30)31)29-27(33)34-17-23-21-12-8-6-10-19(21)20-11-7-9-13-22(20)23/h6-13,18,23-24H,4,14-17H2,1-2H3,(H,28,32)(H,29,33)(H,30,31). The van der Waals surface area contributed by atoms with E-state index in [-0.39, 0.29) is 31.4 Å². The Labute approximate surface area is 199 Å². The van der Waals surface area contributed by atoms with Gasteiger partial charge in [0.1, 0.15) is 12.6 Å². The minimum atomic E-state index is -0.919. The van der Waals surface area contributed by atoms with E-state index >= 15 is 0 Å². The number of hydrogen-bond donors (Lipinski definition) is 3. The zero-order valence-electron chi connectivity index (χ0n) is 19.5. The zero-order valence-corrected chi connectivity index (χ0v) is 19.5. The van der Waals surface area contributed by atoms with E-state index in [9.17, 15) is 14.4 Å². The molecule has 178 valence electrons. The molecule has 3 rings (SSSR count). The van der Waals surface area contributed by atoms with Crippen molar-refractivity contribution in [3.05, 3.63) is 59.7 Å². The molecule has 0 bridgehead atoms. The van der Waals surface area contributed by atoms with Crippen LogP contribution in [0, 0.1) is 11.8 Å². The monoisotopic (exact) mass is 462 g/mol. The van der Waals surface area contributed by atoms with Gasteiger partial charge in [-0.3, -0.25) is 9.59 Å². The number of carboxylic acid groups (broad SMARTS) is 1. The third kappa shape index (κ3) is 6.16. The Morgan fingerprint density at radius 1 is 1.03 bits per heavy atom. The number of carbonyl (C=O) groups excluding carboxylic acids is 2. The molecular weight excluding hydrogens is 432 g/mol. The van der Waals surface area contributed by atoms with Crippen molar-refractivity contribution < 1.29 is 24.2 Å². The lowest BCUT2D eigenvalue weighted by molar-refractivity contribution is -0.137. The normalized spacial score (nSPS) is 13.5. The molecule has 7 nitrogen and oxygen atoms in total. The van der Waals surface area contributed by atoms with Gasteiger partial charge in [-0.15, -0.1) is 11.8 Å². The lowest BCUT2D eigenvalue weighted by Crippen LogP contribution is -2.49. The molecule has 1 aliphatic carbocycles. The number of hydrogen-bond acceptors (Lipinski definition) is 4. The molecule has 34 heavy (non-hydrogen) atoms. The Bertz CT molecular complexity index is 1060. The zero-order chi connectivity index (χ0) is 24.5. The average molecular weight is 463 g/mol. The average Bonchev–Trinajstić information content (AvgIpc) is 3.16. The first-order valence-electron chi connectivity index (χ1n) is 11.5. The molecule has 2 aromatic carbocycles. The van der Waals surface area contributed by atoms with E-state index in [1.54, 1.807) is 6.92 Å². The first-order valence-corrected chi connectivity index (χ1v) is 11.5. The van der Waals surface area contributed by atoms with Crippen LogP contribution in [0.15, 0.2) is 48.5 Å². The Kier molecular flexibility index (Phi) is 8.69. The molecule has 0 saturated heterocycles. The van der Waals surface area contributed by atoms with Crippen molar-refractivity contribution in [1.29, 1.82) is 0 Å².